The minimum absolute atomic E-state index is 0.143. The third-order valence-electron chi connectivity index (χ3n) is 2.91. The normalized spacial score (nSPS) is 12.1. The van der Waals surface area contributed by atoms with Crippen LogP contribution in [0.4, 0.5) is 5.69 Å². The molecule has 1 aromatic carbocycles. The van der Waals surface area contributed by atoms with Crippen molar-refractivity contribution in [2.24, 2.45) is 11.7 Å². The molecule has 5 heteroatoms. The van der Waals surface area contributed by atoms with E-state index >= 15 is 0 Å². The predicted molar refractivity (Wildman–Crippen MR) is 75.9 cm³/mol. The second kappa shape index (κ2) is 6.89. The Balaban J connectivity index is 2.67. The standard InChI is InChI=1S/C14H21N3O2/c1-9(2)12(15)8-13(18)17-11-6-4-5-10(7-11)14(19)16-3/h4-7,9,12H,8,15H2,1-3H3,(H,16,19)(H,17,18). The van der Waals surface area contributed by atoms with Gasteiger partial charge in [0.05, 0.1) is 0 Å². The molecule has 0 spiro atoms. The number of hydrogen-bond acceptors (Lipinski definition) is 3. The first-order valence-corrected chi connectivity index (χ1v) is 6.31. The van der Waals surface area contributed by atoms with Gasteiger partial charge < -0.3 is 16.4 Å². The van der Waals surface area contributed by atoms with Crippen molar-refractivity contribution in [1.82, 2.24) is 5.32 Å². The van der Waals surface area contributed by atoms with Gasteiger partial charge in [0, 0.05) is 30.8 Å². The number of amides is 2. The topological polar surface area (TPSA) is 84.2 Å². The lowest BCUT2D eigenvalue weighted by atomic mass is 10.0. The van der Waals surface area contributed by atoms with Crippen molar-refractivity contribution in [3.63, 3.8) is 0 Å². The van der Waals surface area contributed by atoms with E-state index in [2.05, 4.69) is 10.6 Å². The van der Waals surface area contributed by atoms with Gasteiger partial charge in [-0.25, -0.2) is 0 Å². The zero-order chi connectivity index (χ0) is 14.4. The van der Waals surface area contributed by atoms with Gasteiger partial charge in [0.15, 0.2) is 0 Å². The Kier molecular flexibility index (Phi) is 5.51. The van der Waals surface area contributed by atoms with E-state index in [0.717, 1.165) is 0 Å². The van der Waals surface area contributed by atoms with E-state index in [-0.39, 0.29) is 30.2 Å². The maximum atomic E-state index is 11.8. The van der Waals surface area contributed by atoms with E-state index in [0.29, 0.717) is 11.3 Å². The molecule has 0 radical (unpaired) electrons. The van der Waals surface area contributed by atoms with E-state index in [1.807, 2.05) is 13.8 Å². The highest BCUT2D eigenvalue weighted by Crippen LogP contribution is 2.12. The summed E-state index contributed by atoms with van der Waals surface area (Å²) < 4.78 is 0. The van der Waals surface area contributed by atoms with Crippen LogP contribution in [0.15, 0.2) is 24.3 Å². The monoisotopic (exact) mass is 263 g/mol. The van der Waals surface area contributed by atoms with Crippen LogP contribution in [0, 0.1) is 5.92 Å². The largest absolute Gasteiger partial charge is 0.355 e. The summed E-state index contributed by atoms with van der Waals surface area (Å²) in [6.07, 6.45) is 0.266. The Morgan fingerprint density at radius 3 is 2.58 bits per heavy atom. The van der Waals surface area contributed by atoms with Crippen LogP contribution in [0.2, 0.25) is 0 Å². The van der Waals surface area contributed by atoms with Gasteiger partial charge >= 0.3 is 0 Å². The third-order valence-corrected chi connectivity index (χ3v) is 2.91. The van der Waals surface area contributed by atoms with Gasteiger partial charge in [0.1, 0.15) is 0 Å². The van der Waals surface area contributed by atoms with E-state index in [9.17, 15) is 9.59 Å². The molecule has 1 atom stereocenters. The molecule has 19 heavy (non-hydrogen) atoms. The first-order chi connectivity index (χ1) is 8.93. The summed E-state index contributed by atoms with van der Waals surface area (Å²) in [7, 11) is 1.56. The van der Waals surface area contributed by atoms with Gasteiger partial charge in [-0.2, -0.15) is 0 Å². The number of hydrogen-bond donors (Lipinski definition) is 3. The first kappa shape index (κ1) is 15.2. The zero-order valence-electron chi connectivity index (χ0n) is 11.6. The molecule has 0 heterocycles. The van der Waals surface area contributed by atoms with Crippen molar-refractivity contribution in [2.75, 3.05) is 12.4 Å². The molecule has 0 aliphatic carbocycles. The summed E-state index contributed by atoms with van der Waals surface area (Å²) in [4.78, 5) is 23.3. The molecule has 0 fully saturated rings. The van der Waals surface area contributed by atoms with Crippen LogP contribution in [-0.2, 0) is 4.79 Å². The Hall–Kier alpha value is -1.88. The molecule has 2 amide bonds. The predicted octanol–water partition coefficient (Wildman–Crippen LogP) is 1.36. The fourth-order valence-corrected chi connectivity index (χ4v) is 1.54. The van der Waals surface area contributed by atoms with Gasteiger partial charge in [-0.15, -0.1) is 0 Å². The average Bonchev–Trinajstić information content (AvgIpc) is 2.37. The quantitative estimate of drug-likeness (QED) is 0.750. The number of nitrogens with one attached hydrogen (secondary N) is 2. The molecule has 0 aliphatic heterocycles. The van der Waals surface area contributed by atoms with E-state index in [4.69, 9.17) is 5.73 Å². The Morgan fingerprint density at radius 1 is 1.32 bits per heavy atom. The number of benzene rings is 1. The van der Waals surface area contributed by atoms with Crippen molar-refractivity contribution in [3.05, 3.63) is 29.8 Å². The van der Waals surface area contributed by atoms with Crippen LogP contribution >= 0.6 is 0 Å². The van der Waals surface area contributed by atoms with Gasteiger partial charge in [-0.05, 0) is 24.1 Å². The summed E-state index contributed by atoms with van der Waals surface area (Å²) in [6, 6.07) is 6.63. The van der Waals surface area contributed by atoms with Gasteiger partial charge in [-0.3, -0.25) is 9.59 Å². The summed E-state index contributed by atoms with van der Waals surface area (Å²) in [5, 5.41) is 5.29. The molecule has 4 N–H and O–H groups in total. The lowest BCUT2D eigenvalue weighted by Crippen LogP contribution is -2.31. The van der Waals surface area contributed by atoms with Crippen LogP contribution in [0.5, 0.6) is 0 Å². The number of carbonyl (C=O) groups is 2. The molecule has 0 aromatic heterocycles. The Labute approximate surface area is 113 Å². The van der Waals surface area contributed by atoms with Gasteiger partial charge in [-0.1, -0.05) is 19.9 Å². The fourth-order valence-electron chi connectivity index (χ4n) is 1.54. The van der Waals surface area contributed by atoms with Crippen molar-refractivity contribution < 1.29 is 9.59 Å². The van der Waals surface area contributed by atoms with Gasteiger partial charge in [0.25, 0.3) is 5.91 Å². The van der Waals surface area contributed by atoms with Crippen LogP contribution in [0.3, 0.4) is 0 Å². The van der Waals surface area contributed by atoms with Crippen molar-refractivity contribution in [3.8, 4) is 0 Å². The molecular weight excluding hydrogens is 242 g/mol. The molecule has 0 saturated heterocycles. The molecule has 1 aromatic rings. The molecule has 5 nitrogen and oxygen atoms in total. The fraction of sp³-hybridized carbons (Fsp3) is 0.429. The highest BCUT2D eigenvalue weighted by molar-refractivity contribution is 5.97. The highest BCUT2D eigenvalue weighted by atomic mass is 16.2. The summed E-state index contributed by atoms with van der Waals surface area (Å²) in [6.45, 7) is 3.95. The molecule has 1 rings (SSSR count). The average molecular weight is 263 g/mol. The second-order valence-corrected chi connectivity index (χ2v) is 4.82. The second-order valence-electron chi connectivity index (χ2n) is 4.82. The minimum atomic E-state index is -0.185. The first-order valence-electron chi connectivity index (χ1n) is 6.31. The Bertz CT molecular complexity index is 458. The number of carbonyl (C=O) groups excluding carboxylic acids is 2. The molecule has 1 unspecified atom stereocenters. The highest BCUT2D eigenvalue weighted by Gasteiger charge is 2.13. The Morgan fingerprint density at radius 2 is 2.00 bits per heavy atom. The summed E-state index contributed by atoms with van der Waals surface area (Å²) in [5.41, 5.74) is 6.95. The molecule has 0 bridgehead atoms. The third kappa shape index (κ3) is 4.71. The maximum absolute atomic E-state index is 11.8. The minimum Gasteiger partial charge on any atom is -0.355 e. The van der Waals surface area contributed by atoms with E-state index < -0.39 is 0 Å². The van der Waals surface area contributed by atoms with Crippen molar-refractivity contribution >= 4 is 17.5 Å². The van der Waals surface area contributed by atoms with Crippen LogP contribution in [-0.4, -0.2) is 24.9 Å². The lowest BCUT2D eigenvalue weighted by molar-refractivity contribution is -0.116. The zero-order valence-corrected chi connectivity index (χ0v) is 11.6. The summed E-state index contributed by atoms with van der Waals surface area (Å²) >= 11 is 0. The van der Waals surface area contributed by atoms with Crippen molar-refractivity contribution in [2.45, 2.75) is 26.3 Å². The lowest BCUT2D eigenvalue weighted by Gasteiger charge is -2.15. The van der Waals surface area contributed by atoms with Gasteiger partial charge in [0.2, 0.25) is 5.91 Å². The molecule has 0 saturated carbocycles. The number of rotatable bonds is 5. The van der Waals surface area contributed by atoms with Crippen LogP contribution < -0.4 is 16.4 Å². The molecule has 0 aliphatic rings. The molecule has 104 valence electrons. The van der Waals surface area contributed by atoms with Crippen LogP contribution in [0.1, 0.15) is 30.6 Å². The summed E-state index contributed by atoms with van der Waals surface area (Å²) in [5.74, 6) is -0.0757. The van der Waals surface area contributed by atoms with E-state index in [1.54, 1.807) is 31.3 Å². The number of nitrogens with two attached hydrogens (primary N) is 1. The number of anilines is 1. The van der Waals surface area contributed by atoms with Crippen molar-refractivity contribution in [1.29, 1.82) is 0 Å². The molecular formula is C14H21N3O2. The maximum Gasteiger partial charge on any atom is 0.251 e. The SMILES string of the molecule is CNC(=O)c1cccc(NC(=O)CC(N)C(C)C)c1. The van der Waals surface area contributed by atoms with E-state index in [1.165, 1.54) is 0 Å². The van der Waals surface area contributed by atoms with Crippen LogP contribution in [0.25, 0.3) is 0 Å². The smallest absolute Gasteiger partial charge is 0.251 e.